The molecule has 1 saturated heterocycles. The summed E-state index contributed by atoms with van der Waals surface area (Å²) in [5, 5.41) is 0. The van der Waals surface area contributed by atoms with Crippen LogP contribution in [0.25, 0.3) is 0 Å². The van der Waals surface area contributed by atoms with Crippen molar-refractivity contribution >= 4 is 15.7 Å². The van der Waals surface area contributed by atoms with Crippen molar-refractivity contribution in [2.45, 2.75) is 36.5 Å². The molecule has 6 heteroatoms. The van der Waals surface area contributed by atoms with E-state index in [4.69, 9.17) is 5.73 Å². The predicted octanol–water partition coefficient (Wildman–Crippen LogP) is 2.86. The van der Waals surface area contributed by atoms with Crippen LogP contribution in [0, 0.1) is 5.92 Å². The summed E-state index contributed by atoms with van der Waals surface area (Å²) in [7, 11) is -3.45. The van der Waals surface area contributed by atoms with Gasteiger partial charge in [0.25, 0.3) is 5.91 Å². The Morgan fingerprint density at radius 2 is 1.89 bits per heavy atom. The number of piperidine rings is 1. The minimum Gasteiger partial charge on any atom is -0.334 e. The lowest BCUT2D eigenvalue weighted by atomic mass is 9.90. The zero-order chi connectivity index (χ0) is 19.4. The zero-order valence-corrected chi connectivity index (χ0v) is 16.4. The van der Waals surface area contributed by atoms with E-state index in [-0.39, 0.29) is 22.6 Å². The summed E-state index contributed by atoms with van der Waals surface area (Å²) in [5.41, 5.74) is 7.03. The molecule has 2 aromatic carbocycles. The van der Waals surface area contributed by atoms with Crippen LogP contribution in [-0.2, 0) is 15.6 Å². The van der Waals surface area contributed by atoms with Gasteiger partial charge in [-0.2, -0.15) is 0 Å². The molecule has 1 aliphatic rings. The monoisotopic (exact) mass is 386 g/mol. The van der Waals surface area contributed by atoms with Gasteiger partial charge in [-0.15, -0.1) is 0 Å². The van der Waals surface area contributed by atoms with Crippen molar-refractivity contribution < 1.29 is 13.2 Å². The Morgan fingerprint density at radius 1 is 1.15 bits per heavy atom. The SMILES string of the molecule is C[C@H]1CCCN(C(=O)c2cccc(CS(=O)(=O)c3ccccc3)c2)[C@@H]1CN. The third-order valence-corrected chi connectivity index (χ3v) is 6.95. The van der Waals surface area contributed by atoms with Crippen molar-refractivity contribution in [3.05, 3.63) is 65.7 Å². The van der Waals surface area contributed by atoms with Gasteiger partial charge >= 0.3 is 0 Å². The summed E-state index contributed by atoms with van der Waals surface area (Å²) in [6, 6.07) is 15.3. The molecule has 144 valence electrons. The molecule has 0 aliphatic carbocycles. The van der Waals surface area contributed by atoms with E-state index in [1.807, 2.05) is 4.90 Å². The summed E-state index contributed by atoms with van der Waals surface area (Å²) in [5.74, 6) is 0.166. The number of carbonyl (C=O) groups excluding carboxylic acids is 1. The Labute approximate surface area is 161 Å². The highest BCUT2D eigenvalue weighted by molar-refractivity contribution is 7.90. The zero-order valence-electron chi connectivity index (χ0n) is 15.5. The lowest BCUT2D eigenvalue weighted by molar-refractivity contribution is 0.0532. The van der Waals surface area contributed by atoms with E-state index in [1.165, 1.54) is 0 Å². The molecule has 1 fully saturated rings. The molecule has 2 N–H and O–H groups in total. The number of hydrogen-bond acceptors (Lipinski definition) is 4. The van der Waals surface area contributed by atoms with E-state index in [0.29, 0.717) is 30.1 Å². The number of nitrogens with zero attached hydrogens (tertiary/aromatic N) is 1. The minimum atomic E-state index is -3.45. The van der Waals surface area contributed by atoms with Crippen LogP contribution in [0.4, 0.5) is 0 Å². The first kappa shape index (κ1) is 19.6. The van der Waals surface area contributed by atoms with Crippen molar-refractivity contribution in [1.82, 2.24) is 4.90 Å². The van der Waals surface area contributed by atoms with Crippen molar-refractivity contribution in [2.24, 2.45) is 11.7 Å². The van der Waals surface area contributed by atoms with Crippen LogP contribution in [0.15, 0.2) is 59.5 Å². The van der Waals surface area contributed by atoms with Gasteiger partial charge in [-0.05, 0) is 48.6 Å². The van der Waals surface area contributed by atoms with Gasteiger partial charge in [0, 0.05) is 24.7 Å². The van der Waals surface area contributed by atoms with Crippen molar-refractivity contribution in [2.75, 3.05) is 13.1 Å². The Balaban J connectivity index is 1.82. The molecule has 0 spiro atoms. The normalized spacial score (nSPS) is 20.4. The summed E-state index contributed by atoms with van der Waals surface area (Å²) < 4.78 is 25.2. The highest BCUT2D eigenvalue weighted by Gasteiger charge is 2.31. The van der Waals surface area contributed by atoms with Crippen LogP contribution >= 0.6 is 0 Å². The summed E-state index contributed by atoms with van der Waals surface area (Å²) in [6.07, 6.45) is 2.03. The van der Waals surface area contributed by atoms with Crippen LogP contribution in [0.5, 0.6) is 0 Å². The minimum absolute atomic E-state index is 0.0305. The number of benzene rings is 2. The third-order valence-electron chi connectivity index (χ3n) is 5.25. The van der Waals surface area contributed by atoms with E-state index in [1.54, 1.807) is 54.6 Å². The first-order chi connectivity index (χ1) is 12.9. The number of carbonyl (C=O) groups is 1. The van der Waals surface area contributed by atoms with Gasteiger partial charge in [-0.1, -0.05) is 37.3 Å². The molecule has 0 saturated carbocycles. The lowest BCUT2D eigenvalue weighted by Crippen LogP contribution is -2.51. The second-order valence-corrected chi connectivity index (χ2v) is 9.18. The number of likely N-dealkylation sites (tertiary alicyclic amines) is 1. The second-order valence-electron chi connectivity index (χ2n) is 7.19. The summed E-state index contributed by atoms with van der Waals surface area (Å²) in [6.45, 7) is 3.26. The molecule has 0 bridgehead atoms. The number of sulfone groups is 1. The molecule has 3 rings (SSSR count). The molecule has 5 nitrogen and oxygen atoms in total. The maximum atomic E-state index is 13.0. The first-order valence-corrected chi connectivity index (χ1v) is 11.0. The number of nitrogens with two attached hydrogens (primary N) is 1. The Bertz CT molecular complexity index is 897. The summed E-state index contributed by atoms with van der Waals surface area (Å²) in [4.78, 5) is 15.2. The van der Waals surface area contributed by atoms with Crippen LogP contribution in [0.1, 0.15) is 35.7 Å². The van der Waals surface area contributed by atoms with Gasteiger partial charge < -0.3 is 10.6 Å². The largest absolute Gasteiger partial charge is 0.334 e. The van der Waals surface area contributed by atoms with Gasteiger partial charge in [-0.3, -0.25) is 4.79 Å². The maximum Gasteiger partial charge on any atom is 0.254 e. The van der Waals surface area contributed by atoms with Crippen LogP contribution in [0.3, 0.4) is 0 Å². The highest BCUT2D eigenvalue weighted by atomic mass is 32.2. The standard InChI is InChI=1S/C21H26N2O3S/c1-16-7-6-12-23(20(16)14-22)21(24)18-9-5-8-17(13-18)15-27(25,26)19-10-3-2-4-11-19/h2-5,8-11,13,16,20H,6-7,12,14-15,22H2,1H3/t16-,20+/m0/s1. The molecule has 27 heavy (non-hydrogen) atoms. The molecule has 2 atom stereocenters. The molecule has 0 radical (unpaired) electrons. The first-order valence-electron chi connectivity index (χ1n) is 9.30. The van der Waals surface area contributed by atoms with Crippen LogP contribution < -0.4 is 5.73 Å². The Hall–Kier alpha value is -2.18. The average molecular weight is 387 g/mol. The van der Waals surface area contributed by atoms with Gasteiger partial charge in [-0.25, -0.2) is 8.42 Å². The summed E-state index contributed by atoms with van der Waals surface area (Å²) >= 11 is 0. The van der Waals surface area contributed by atoms with E-state index in [2.05, 4.69) is 6.92 Å². The maximum absolute atomic E-state index is 13.0. The highest BCUT2D eigenvalue weighted by Crippen LogP contribution is 2.25. The number of rotatable bonds is 5. The Kier molecular flexibility index (Phi) is 5.97. The van der Waals surface area contributed by atoms with E-state index < -0.39 is 9.84 Å². The quantitative estimate of drug-likeness (QED) is 0.857. The third kappa shape index (κ3) is 4.39. The van der Waals surface area contributed by atoms with Crippen LogP contribution in [-0.4, -0.2) is 38.4 Å². The fourth-order valence-corrected chi connectivity index (χ4v) is 5.11. The van der Waals surface area contributed by atoms with Gasteiger partial charge in [0.15, 0.2) is 9.84 Å². The molecule has 1 aliphatic heterocycles. The Morgan fingerprint density at radius 3 is 2.59 bits per heavy atom. The molecule has 0 aromatic heterocycles. The lowest BCUT2D eigenvalue weighted by Gasteiger charge is -2.39. The van der Waals surface area contributed by atoms with E-state index >= 15 is 0 Å². The van der Waals surface area contributed by atoms with Gasteiger partial charge in [0.05, 0.1) is 10.6 Å². The van der Waals surface area contributed by atoms with Gasteiger partial charge in [0.1, 0.15) is 0 Å². The molecule has 2 aromatic rings. The predicted molar refractivity (Wildman–Crippen MR) is 106 cm³/mol. The fourth-order valence-electron chi connectivity index (χ4n) is 3.75. The van der Waals surface area contributed by atoms with E-state index in [9.17, 15) is 13.2 Å². The molecular formula is C21H26N2O3S. The molecule has 0 unspecified atom stereocenters. The fraction of sp³-hybridized carbons (Fsp3) is 0.381. The van der Waals surface area contributed by atoms with Crippen molar-refractivity contribution in [3.63, 3.8) is 0 Å². The van der Waals surface area contributed by atoms with Crippen molar-refractivity contribution in [1.29, 1.82) is 0 Å². The molecular weight excluding hydrogens is 360 g/mol. The smallest absolute Gasteiger partial charge is 0.254 e. The number of hydrogen-bond donors (Lipinski definition) is 1. The average Bonchev–Trinajstić information content (AvgIpc) is 2.68. The molecule has 1 amide bonds. The van der Waals surface area contributed by atoms with Crippen LogP contribution in [0.2, 0.25) is 0 Å². The topological polar surface area (TPSA) is 80.5 Å². The second kappa shape index (κ2) is 8.23. The molecule has 1 heterocycles. The van der Waals surface area contributed by atoms with Crippen molar-refractivity contribution in [3.8, 4) is 0 Å². The van der Waals surface area contributed by atoms with E-state index in [0.717, 1.165) is 12.8 Å². The van der Waals surface area contributed by atoms with Gasteiger partial charge in [0.2, 0.25) is 0 Å². The number of amides is 1.